The van der Waals surface area contributed by atoms with Crippen LogP contribution < -0.4 is 4.74 Å². The topological polar surface area (TPSA) is 9.23 Å². The average Bonchev–Trinajstić information content (AvgIpc) is 2.37. The van der Waals surface area contributed by atoms with E-state index < -0.39 is 23.4 Å². The smallest absolute Gasteiger partial charge is 0.416 e. The lowest BCUT2D eigenvalue weighted by Gasteiger charge is -2.09. The second kappa shape index (κ2) is 5.48. The van der Waals surface area contributed by atoms with Crippen molar-refractivity contribution in [2.45, 2.75) is 12.8 Å². The highest BCUT2D eigenvalue weighted by molar-refractivity contribution is 5.29. The van der Waals surface area contributed by atoms with Gasteiger partial charge in [0.15, 0.2) is 0 Å². The number of benzene rings is 2. The summed E-state index contributed by atoms with van der Waals surface area (Å²) in [5, 5.41) is 0. The quantitative estimate of drug-likeness (QED) is 0.752. The minimum absolute atomic E-state index is 0.117. The zero-order valence-electron chi connectivity index (χ0n) is 10.0. The highest BCUT2D eigenvalue weighted by atomic mass is 19.4. The van der Waals surface area contributed by atoms with Crippen molar-refractivity contribution in [3.63, 3.8) is 0 Å². The molecule has 0 aliphatic heterocycles. The molecule has 106 valence electrons. The molecular formula is C14H9F5O. The van der Waals surface area contributed by atoms with Crippen LogP contribution in [-0.4, -0.2) is 0 Å². The van der Waals surface area contributed by atoms with Crippen LogP contribution in [0, 0.1) is 11.6 Å². The fraction of sp³-hybridized carbons (Fsp3) is 0.143. The van der Waals surface area contributed by atoms with Crippen LogP contribution in [0.3, 0.4) is 0 Å². The van der Waals surface area contributed by atoms with E-state index in [0.29, 0.717) is 6.07 Å². The van der Waals surface area contributed by atoms with Crippen LogP contribution >= 0.6 is 0 Å². The van der Waals surface area contributed by atoms with Gasteiger partial charge in [-0.15, -0.1) is 0 Å². The molecule has 0 aliphatic rings. The van der Waals surface area contributed by atoms with Crippen LogP contribution in [0.1, 0.15) is 11.1 Å². The van der Waals surface area contributed by atoms with E-state index in [2.05, 4.69) is 0 Å². The lowest BCUT2D eigenvalue weighted by Crippen LogP contribution is -2.04. The molecule has 2 rings (SSSR count). The third-order valence-electron chi connectivity index (χ3n) is 2.59. The monoisotopic (exact) mass is 288 g/mol. The van der Waals surface area contributed by atoms with Crippen LogP contribution in [0.4, 0.5) is 22.0 Å². The number of rotatable bonds is 3. The van der Waals surface area contributed by atoms with Gasteiger partial charge in [0.05, 0.1) is 5.56 Å². The van der Waals surface area contributed by atoms with Gasteiger partial charge in [0, 0.05) is 11.6 Å². The summed E-state index contributed by atoms with van der Waals surface area (Å²) in [5.41, 5.74) is -0.677. The van der Waals surface area contributed by atoms with E-state index in [1.807, 2.05) is 0 Å². The van der Waals surface area contributed by atoms with E-state index in [1.54, 1.807) is 0 Å². The summed E-state index contributed by atoms with van der Waals surface area (Å²) < 4.78 is 68.1. The molecule has 0 aromatic heterocycles. The molecule has 0 bridgehead atoms. The molecule has 20 heavy (non-hydrogen) atoms. The first kappa shape index (κ1) is 14.3. The molecule has 0 saturated heterocycles. The summed E-state index contributed by atoms with van der Waals surface area (Å²) in [4.78, 5) is 0. The van der Waals surface area contributed by atoms with Gasteiger partial charge >= 0.3 is 6.18 Å². The molecule has 6 heteroatoms. The summed E-state index contributed by atoms with van der Waals surface area (Å²) in [6, 6.07) is 7.04. The standard InChI is InChI=1S/C14H9F5O/c15-11-4-1-9(13(16)7-11)8-20-12-5-2-10(3-6-12)14(17,18)19/h1-7H,8H2. The second-order valence-corrected chi connectivity index (χ2v) is 4.05. The first-order valence-corrected chi connectivity index (χ1v) is 5.60. The maximum atomic E-state index is 13.3. The van der Waals surface area contributed by atoms with Crippen molar-refractivity contribution in [3.05, 3.63) is 65.2 Å². The van der Waals surface area contributed by atoms with Crippen molar-refractivity contribution in [1.82, 2.24) is 0 Å². The maximum absolute atomic E-state index is 13.3. The molecule has 0 aliphatic carbocycles. The predicted octanol–water partition coefficient (Wildman–Crippen LogP) is 4.56. The summed E-state index contributed by atoms with van der Waals surface area (Å²) in [5.74, 6) is -1.31. The number of halogens is 5. The van der Waals surface area contributed by atoms with Crippen LogP contribution in [0.15, 0.2) is 42.5 Å². The molecule has 0 fully saturated rings. The van der Waals surface area contributed by atoms with Gasteiger partial charge in [-0.1, -0.05) is 0 Å². The SMILES string of the molecule is Fc1ccc(COc2ccc(C(F)(F)F)cc2)c(F)c1. The van der Waals surface area contributed by atoms with Gasteiger partial charge < -0.3 is 4.74 Å². The minimum atomic E-state index is -4.42. The molecule has 0 amide bonds. The molecule has 0 atom stereocenters. The van der Waals surface area contributed by atoms with Crippen molar-refractivity contribution >= 4 is 0 Å². The highest BCUT2D eigenvalue weighted by Crippen LogP contribution is 2.30. The van der Waals surface area contributed by atoms with E-state index in [4.69, 9.17) is 4.74 Å². The summed E-state index contributed by atoms with van der Waals surface area (Å²) >= 11 is 0. The van der Waals surface area contributed by atoms with Crippen LogP contribution in [0.25, 0.3) is 0 Å². The molecule has 0 heterocycles. The van der Waals surface area contributed by atoms with Gasteiger partial charge in [0.25, 0.3) is 0 Å². The molecule has 1 nitrogen and oxygen atoms in total. The zero-order chi connectivity index (χ0) is 14.8. The lowest BCUT2D eigenvalue weighted by molar-refractivity contribution is -0.137. The summed E-state index contributed by atoms with van der Waals surface area (Å²) in [7, 11) is 0. The van der Waals surface area contributed by atoms with E-state index in [-0.39, 0.29) is 17.9 Å². The Kier molecular flexibility index (Phi) is 3.92. The Bertz CT molecular complexity index is 590. The summed E-state index contributed by atoms with van der Waals surface area (Å²) in [6.45, 7) is -0.197. The predicted molar refractivity (Wildman–Crippen MR) is 62.1 cm³/mol. The van der Waals surface area contributed by atoms with Gasteiger partial charge in [-0.25, -0.2) is 8.78 Å². The van der Waals surface area contributed by atoms with Crippen molar-refractivity contribution in [1.29, 1.82) is 0 Å². The Morgan fingerprint density at radius 1 is 0.900 bits per heavy atom. The highest BCUT2D eigenvalue weighted by Gasteiger charge is 2.29. The molecule has 0 saturated carbocycles. The molecule has 0 spiro atoms. The van der Waals surface area contributed by atoms with Gasteiger partial charge in [-0.2, -0.15) is 13.2 Å². The van der Waals surface area contributed by atoms with E-state index in [1.165, 1.54) is 6.07 Å². The fourth-order valence-corrected chi connectivity index (χ4v) is 1.54. The van der Waals surface area contributed by atoms with E-state index in [9.17, 15) is 22.0 Å². The third-order valence-corrected chi connectivity index (χ3v) is 2.59. The van der Waals surface area contributed by atoms with Crippen molar-refractivity contribution in [3.8, 4) is 5.75 Å². The van der Waals surface area contributed by atoms with Gasteiger partial charge in [-0.3, -0.25) is 0 Å². The Hall–Kier alpha value is -2.11. The number of hydrogen-bond donors (Lipinski definition) is 0. The third kappa shape index (κ3) is 3.46. The van der Waals surface area contributed by atoms with E-state index in [0.717, 1.165) is 30.3 Å². The molecule has 0 radical (unpaired) electrons. The number of ether oxygens (including phenoxy) is 1. The summed E-state index contributed by atoms with van der Waals surface area (Å²) in [6.07, 6.45) is -4.42. The van der Waals surface area contributed by atoms with Crippen molar-refractivity contribution < 1.29 is 26.7 Å². The second-order valence-electron chi connectivity index (χ2n) is 4.05. The van der Waals surface area contributed by atoms with Gasteiger partial charge in [-0.05, 0) is 36.4 Å². The molecular weight excluding hydrogens is 279 g/mol. The maximum Gasteiger partial charge on any atom is 0.416 e. The molecule has 2 aromatic carbocycles. The van der Waals surface area contributed by atoms with Gasteiger partial charge in [0.2, 0.25) is 0 Å². The molecule has 0 N–H and O–H groups in total. The Morgan fingerprint density at radius 3 is 2.10 bits per heavy atom. The first-order valence-electron chi connectivity index (χ1n) is 5.60. The molecule has 2 aromatic rings. The lowest BCUT2D eigenvalue weighted by atomic mass is 10.2. The largest absolute Gasteiger partial charge is 0.489 e. The van der Waals surface area contributed by atoms with Crippen molar-refractivity contribution in [2.24, 2.45) is 0 Å². The zero-order valence-corrected chi connectivity index (χ0v) is 10.0. The minimum Gasteiger partial charge on any atom is -0.489 e. The van der Waals surface area contributed by atoms with Crippen molar-refractivity contribution in [2.75, 3.05) is 0 Å². The van der Waals surface area contributed by atoms with Crippen LogP contribution in [-0.2, 0) is 12.8 Å². The molecule has 0 unspecified atom stereocenters. The Labute approximate surface area is 111 Å². The van der Waals surface area contributed by atoms with Crippen LogP contribution in [0.5, 0.6) is 5.75 Å². The average molecular weight is 288 g/mol. The Balaban J connectivity index is 2.04. The van der Waals surface area contributed by atoms with E-state index >= 15 is 0 Å². The fourth-order valence-electron chi connectivity index (χ4n) is 1.54. The Morgan fingerprint density at radius 2 is 1.55 bits per heavy atom. The number of alkyl halides is 3. The number of hydrogen-bond acceptors (Lipinski definition) is 1. The van der Waals surface area contributed by atoms with Gasteiger partial charge in [0.1, 0.15) is 24.0 Å². The van der Waals surface area contributed by atoms with Crippen LogP contribution in [0.2, 0.25) is 0 Å². The first-order chi connectivity index (χ1) is 9.36. The normalized spacial score (nSPS) is 11.4.